The summed E-state index contributed by atoms with van der Waals surface area (Å²) in [6, 6.07) is 6.05. The number of hydrogen-bond acceptors (Lipinski definition) is 2. The number of nitrogens with one attached hydrogen (secondary N) is 1. The molecule has 1 atom stereocenters. The van der Waals surface area contributed by atoms with Gasteiger partial charge in [-0.05, 0) is 11.6 Å². The summed E-state index contributed by atoms with van der Waals surface area (Å²) in [6.45, 7) is 4.03. The van der Waals surface area contributed by atoms with Gasteiger partial charge < -0.3 is 10.2 Å². The number of piperazine rings is 1. The molecule has 0 radical (unpaired) electrons. The van der Waals surface area contributed by atoms with Crippen molar-refractivity contribution < 1.29 is 4.79 Å². The summed E-state index contributed by atoms with van der Waals surface area (Å²) in [6.07, 6.45) is 0. The Labute approximate surface area is 122 Å². The molecule has 1 N–H and O–H groups in total. The first-order valence-electron chi connectivity index (χ1n) is 6.35. The predicted molar refractivity (Wildman–Crippen MR) is 75.6 cm³/mol. The van der Waals surface area contributed by atoms with Crippen molar-refractivity contribution in [3.05, 3.63) is 33.8 Å². The van der Waals surface area contributed by atoms with Crippen LogP contribution >= 0.6 is 23.2 Å². The Kier molecular flexibility index (Phi) is 3.56. The van der Waals surface area contributed by atoms with Gasteiger partial charge in [-0.15, -0.1) is 0 Å². The van der Waals surface area contributed by atoms with Crippen molar-refractivity contribution in [2.45, 2.75) is 12.6 Å². The first-order valence-corrected chi connectivity index (χ1v) is 7.10. The number of rotatable bonds is 2. The van der Waals surface area contributed by atoms with Crippen LogP contribution in [0.5, 0.6) is 0 Å². The zero-order chi connectivity index (χ0) is 13.4. The SMILES string of the molecule is O=C1NC[C@H]2CN(Cc3cccc(Cl)c3Cl)CCN12. The van der Waals surface area contributed by atoms with Crippen LogP contribution in [0.4, 0.5) is 4.79 Å². The van der Waals surface area contributed by atoms with Crippen LogP contribution in [0.15, 0.2) is 18.2 Å². The molecule has 0 saturated carbocycles. The number of urea groups is 1. The van der Waals surface area contributed by atoms with E-state index < -0.39 is 0 Å². The van der Waals surface area contributed by atoms with Gasteiger partial charge in [-0.3, -0.25) is 4.90 Å². The molecule has 2 heterocycles. The minimum atomic E-state index is 0.0606. The molecule has 2 amide bonds. The van der Waals surface area contributed by atoms with E-state index in [4.69, 9.17) is 23.2 Å². The lowest BCUT2D eigenvalue weighted by molar-refractivity contribution is 0.116. The van der Waals surface area contributed by atoms with Crippen LogP contribution in [0.25, 0.3) is 0 Å². The molecule has 2 fully saturated rings. The largest absolute Gasteiger partial charge is 0.336 e. The van der Waals surface area contributed by atoms with Gasteiger partial charge in [0.05, 0.1) is 16.1 Å². The van der Waals surface area contributed by atoms with Crippen molar-refractivity contribution in [2.75, 3.05) is 26.2 Å². The van der Waals surface area contributed by atoms with Crippen LogP contribution in [-0.4, -0.2) is 48.1 Å². The lowest BCUT2D eigenvalue weighted by Crippen LogP contribution is -2.51. The Morgan fingerprint density at radius 3 is 3.00 bits per heavy atom. The predicted octanol–water partition coefficient (Wildman–Crippen LogP) is 2.20. The van der Waals surface area contributed by atoms with E-state index in [0.29, 0.717) is 10.0 Å². The van der Waals surface area contributed by atoms with E-state index in [9.17, 15) is 4.79 Å². The van der Waals surface area contributed by atoms with Gasteiger partial charge in [-0.25, -0.2) is 4.79 Å². The Morgan fingerprint density at radius 1 is 1.32 bits per heavy atom. The molecule has 19 heavy (non-hydrogen) atoms. The summed E-state index contributed by atoms with van der Waals surface area (Å²) in [5, 5.41) is 4.10. The Morgan fingerprint density at radius 2 is 2.16 bits per heavy atom. The fraction of sp³-hybridized carbons (Fsp3) is 0.462. The molecule has 0 unspecified atom stereocenters. The highest BCUT2D eigenvalue weighted by atomic mass is 35.5. The fourth-order valence-corrected chi connectivity index (χ4v) is 3.10. The number of nitrogens with zero attached hydrogens (tertiary/aromatic N) is 2. The van der Waals surface area contributed by atoms with Gasteiger partial charge in [-0.1, -0.05) is 35.3 Å². The van der Waals surface area contributed by atoms with Gasteiger partial charge in [0, 0.05) is 32.7 Å². The minimum absolute atomic E-state index is 0.0606. The van der Waals surface area contributed by atoms with Crippen molar-refractivity contribution in [3.8, 4) is 0 Å². The molecule has 0 bridgehead atoms. The first-order chi connectivity index (χ1) is 9.15. The van der Waals surface area contributed by atoms with E-state index in [1.54, 1.807) is 6.07 Å². The van der Waals surface area contributed by atoms with E-state index in [0.717, 1.165) is 38.3 Å². The van der Waals surface area contributed by atoms with Crippen LogP contribution in [-0.2, 0) is 6.54 Å². The van der Waals surface area contributed by atoms with E-state index in [1.807, 2.05) is 17.0 Å². The van der Waals surface area contributed by atoms with Crippen molar-refractivity contribution in [3.63, 3.8) is 0 Å². The maximum absolute atomic E-state index is 11.5. The number of hydrogen-bond donors (Lipinski definition) is 1. The zero-order valence-electron chi connectivity index (χ0n) is 10.4. The first kappa shape index (κ1) is 13.0. The highest BCUT2D eigenvalue weighted by Crippen LogP contribution is 2.27. The second-order valence-electron chi connectivity index (χ2n) is 4.98. The van der Waals surface area contributed by atoms with Crippen LogP contribution in [0, 0.1) is 0 Å². The van der Waals surface area contributed by atoms with Gasteiger partial charge in [0.25, 0.3) is 0 Å². The summed E-state index contributed by atoms with van der Waals surface area (Å²) in [4.78, 5) is 15.8. The smallest absolute Gasteiger partial charge is 0.317 e. The summed E-state index contributed by atoms with van der Waals surface area (Å²) in [5.74, 6) is 0. The maximum Gasteiger partial charge on any atom is 0.317 e. The lowest BCUT2D eigenvalue weighted by Gasteiger charge is -2.36. The van der Waals surface area contributed by atoms with E-state index >= 15 is 0 Å². The lowest BCUT2D eigenvalue weighted by atomic mass is 10.1. The highest BCUT2D eigenvalue weighted by molar-refractivity contribution is 6.42. The third-order valence-electron chi connectivity index (χ3n) is 3.74. The van der Waals surface area contributed by atoms with Gasteiger partial charge in [0.1, 0.15) is 0 Å². The third kappa shape index (κ3) is 2.53. The normalized spacial score (nSPS) is 23.4. The molecule has 2 aliphatic heterocycles. The molecule has 1 aromatic rings. The summed E-state index contributed by atoms with van der Waals surface area (Å²) >= 11 is 12.2. The molecule has 2 aliphatic rings. The number of amides is 2. The quantitative estimate of drug-likeness (QED) is 0.909. The van der Waals surface area contributed by atoms with E-state index in [-0.39, 0.29) is 12.1 Å². The fourth-order valence-electron chi connectivity index (χ4n) is 2.72. The topological polar surface area (TPSA) is 35.6 Å². The molecule has 0 spiro atoms. The monoisotopic (exact) mass is 299 g/mol. The number of fused-ring (bicyclic) bond motifs is 1. The summed E-state index contributed by atoms with van der Waals surface area (Å²) < 4.78 is 0. The number of carbonyl (C=O) groups excluding carboxylic acids is 1. The Bertz CT molecular complexity index is 509. The van der Waals surface area contributed by atoms with Crippen LogP contribution < -0.4 is 5.32 Å². The van der Waals surface area contributed by atoms with E-state index in [2.05, 4.69) is 10.2 Å². The van der Waals surface area contributed by atoms with Gasteiger partial charge in [-0.2, -0.15) is 0 Å². The second kappa shape index (κ2) is 5.19. The average Bonchev–Trinajstić information content (AvgIpc) is 2.76. The van der Waals surface area contributed by atoms with Crippen LogP contribution in [0.3, 0.4) is 0 Å². The Balaban J connectivity index is 1.68. The van der Waals surface area contributed by atoms with E-state index in [1.165, 1.54) is 0 Å². The molecule has 2 saturated heterocycles. The molecule has 102 valence electrons. The molecule has 0 aromatic heterocycles. The zero-order valence-corrected chi connectivity index (χ0v) is 11.9. The van der Waals surface area contributed by atoms with Crippen molar-refractivity contribution in [2.24, 2.45) is 0 Å². The number of halogens is 2. The summed E-state index contributed by atoms with van der Waals surface area (Å²) in [7, 11) is 0. The molecule has 0 aliphatic carbocycles. The molecular formula is C13H15Cl2N3O. The van der Waals surface area contributed by atoms with Gasteiger partial charge in [0.15, 0.2) is 0 Å². The molecular weight excluding hydrogens is 285 g/mol. The van der Waals surface area contributed by atoms with Crippen LogP contribution in [0.2, 0.25) is 10.0 Å². The number of benzene rings is 1. The van der Waals surface area contributed by atoms with Gasteiger partial charge >= 0.3 is 6.03 Å². The van der Waals surface area contributed by atoms with Gasteiger partial charge in [0.2, 0.25) is 0 Å². The van der Waals surface area contributed by atoms with Crippen molar-refractivity contribution >= 4 is 29.2 Å². The molecule has 1 aromatic carbocycles. The molecule has 4 nitrogen and oxygen atoms in total. The Hall–Kier alpha value is -0.970. The minimum Gasteiger partial charge on any atom is -0.336 e. The molecule has 6 heteroatoms. The van der Waals surface area contributed by atoms with Crippen LogP contribution in [0.1, 0.15) is 5.56 Å². The molecule has 3 rings (SSSR count). The highest BCUT2D eigenvalue weighted by Gasteiger charge is 2.35. The van der Waals surface area contributed by atoms with Crippen molar-refractivity contribution in [1.82, 2.24) is 15.1 Å². The second-order valence-corrected chi connectivity index (χ2v) is 5.77. The average molecular weight is 300 g/mol. The standard InChI is InChI=1S/C13H15Cl2N3O/c14-11-3-1-2-9(12(11)15)7-17-4-5-18-10(8-17)6-16-13(18)19/h1-3,10H,4-8H2,(H,16,19)/t10-/m0/s1. The summed E-state index contributed by atoms with van der Waals surface area (Å²) in [5.41, 5.74) is 1.04. The third-order valence-corrected chi connectivity index (χ3v) is 4.60. The van der Waals surface area contributed by atoms with Crippen molar-refractivity contribution in [1.29, 1.82) is 0 Å². The number of carbonyl (C=O) groups is 1. The maximum atomic E-state index is 11.5.